The summed E-state index contributed by atoms with van der Waals surface area (Å²) in [6.07, 6.45) is 0. The molecule has 2 N–H and O–H groups in total. The average Bonchev–Trinajstić information content (AvgIpc) is 3.22. The van der Waals surface area contributed by atoms with Crippen LogP contribution in [0.1, 0.15) is 31.2 Å². The molecule has 3 aromatic rings. The maximum atomic E-state index is 12.6. The molecule has 0 fully saturated rings. The van der Waals surface area contributed by atoms with Crippen molar-refractivity contribution in [2.75, 3.05) is 19.4 Å². The standard InChI is InChI=1S/C22H23N3O2S/c1-25(2)15-18-8-4-3-7-17(18)14-23-21(26)16-9-5-10-19(13-16)24-22(27)20-11-6-12-28-20/h3-13H,14-15H2,1-2H3,(H,23,26)(H,24,27). The first-order valence-corrected chi connectivity index (χ1v) is 9.85. The molecule has 2 amide bonds. The van der Waals surface area contributed by atoms with Gasteiger partial charge in [0.15, 0.2) is 0 Å². The van der Waals surface area contributed by atoms with Crippen LogP contribution < -0.4 is 10.6 Å². The Hall–Kier alpha value is -2.96. The number of nitrogens with one attached hydrogen (secondary N) is 2. The lowest BCUT2D eigenvalue weighted by Crippen LogP contribution is -2.24. The first-order chi connectivity index (χ1) is 13.5. The van der Waals surface area contributed by atoms with E-state index >= 15 is 0 Å². The summed E-state index contributed by atoms with van der Waals surface area (Å²) >= 11 is 1.38. The Kier molecular flexibility index (Phi) is 6.57. The Morgan fingerprint density at radius 3 is 2.43 bits per heavy atom. The Morgan fingerprint density at radius 2 is 1.71 bits per heavy atom. The number of rotatable bonds is 7. The van der Waals surface area contributed by atoms with E-state index in [4.69, 9.17) is 0 Å². The van der Waals surface area contributed by atoms with E-state index < -0.39 is 0 Å². The smallest absolute Gasteiger partial charge is 0.265 e. The van der Waals surface area contributed by atoms with Crippen molar-refractivity contribution in [3.8, 4) is 0 Å². The largest absolute Gasteiger partial charge is 0.348 e. The van der Waals surface area contributed by atoms with E-state index in [9.17, 15) is 9.59 Å². The van der Waals surface area contributed by atoms with Gasteiger partial charge in [0.2, 0.25) is 0 Å². The number of anilines is 1. The van der Waals surface area contributed by atoms with Gasteiger partial charge >= 0.3 is 0 Å². The third-order valence-corrected chi connectivity index (χ3v) is 5.04. The van der Waals surface area contributed by atoms with Crippen LogP contribution in [0.2, 0.25) is 0 Å². The second-order valence-electron chi connectivity index (χ2n) is 6.70. The van der Waals surface area contributed by atoms with E-state index in [0.29, 0.717) is 22.7 Å². The number of carbonyl (C=O) groups is 2. The van der Waals surface area contributed by atoms with Crippen molar-refractivity contribution < 1.29 is 9.59 Å². The van der Waals surface area contributed by atoms with Gasteiger partial charge in [-0.2, -0.15) is 0 Å². The molecule has 0 atom stereocenters. The van der Waals surface area contributed by atoms with E-state index in [2.05, 4.69) is 21.6 Å². The SMILES string of the molecule is CN(C)Cc1ccccc1CNC(=O)c1cccc(NC(=O)c2cccs2)c1. The lowest BCUT2D eigenvalue weighted by atomic mass is 10.1. The van der Waals surface area contributed by atoms with Gasteiger partial charge in [-0.1, -0.05) is 36.4 Å². The van der Waals surface area contributed by atoms with Gasteiger partial charge in [-0.15, -0.1) is 11.3 Å². The van der Waals surface area contributed by atoms with Gasteiger partial charge in [-0.3, -0.25) is 9.59 Å². The van der Waals surface area contributed by atoms with Crippen molar-refractivity contribution in [3.63, 3.8) is 0 Å². The highest BCUT2D eigenvalue weighted by Crippen LogP contribution is 2.16. The van der Waals surface area contributed by atoms with Crippen LogP contribution in [0.5, 0.6) is 0 Å². The minimum absolute atomic E-state index is 0.174. The summed E-state index contributed by atoms with van der Waals surface area (Å²) in [5, 5.41) is 7.65. The van der Waals surface area contributed by atoms with Crippen LogP contribution in [0.3, 0.4) is 0 Å². The lowest BCUT2D eigenvalue weighted by Gasteiger charge is -2.15. The molecule has 0 saturated heterocycles. The molecule has 1 aromatic heterocycles. The first-order valence-electron chi connectivity index (χ1n) is 8.97. The molecule has 0 spiro atoms. The second kappa shape index (κ2) is 9.30. The molecule has 0 aliphatic rings. The van der Waals surface area contributed by atoms with Crippen LogP contribution in [0.4, 0.5) is 5.69 Å². The van der Waals surface area contributed by atoms with E-state index in [1.165, 1.54) is 16.9 Å². The predicted octanol–water partition coefficient (Wildman–Crippen LogP) is 3.99. The molecule has 6 heteroatoms. The molecular weight excluding hydrogens is 370 g/mol. The van der Waals surface area contributed by atoms with Gasteiger partial charge in [0, 0.05) is 24.3 Å². The fourth-order valence-electron chi connectivity index (χ4n) is 2.84. The quantitative estimate of drug-likeness (QED) is 0.638. The number of benzene rings is 2. The Morgan fingerprint density at radius 1 is 0.929 bits per heavy atom. The molecule has 144 valence electrons. The number of hydrogen-bond acceptors (Lipinski definition) is 4. The highest BCUT2D eigenvalue weighted by molar-refractivity contribution is 7.12. The van der Waals surface area contributed by atoms with Gasteiger partial charge in [0.05, 0.1) is 4.88 Å². The first kappa shape index (κ1) is 19.8. The highest BCUT2D eigenvalue weighted by Gasteiger charge is 2.11. The van der Waals surface area contributed by atoms with Crippen LogP contribution in [0.25, 0.3) is 0 Å². The van der Waals surface area contributed by atoms with E-state index in [1.54, 1.807) is 30.3 Å². The monoisotopic (exact) mass is 393 g/mol. The summed E-state index contributed by atoms with van der Waals surface area (Å²) in [5.41, 5.74) is 3.38. The topological polar surface area (TPSA) is 61.4 Å². The third-order valence-electron chi connectivity index (χ3n) is 4.17. The number of amides is 2. The minimum Gasteiger partial charge on any atom is -0.348 e. The molecule has 2 aromatic carbocycles. The van der Waals surface area contributed by atoms with Crippen molar-refractivity contribution in [1.29, 1.82) is 0 Å². The summed E-state index contributed by atoms with van der Waals surface area (Å²) in [6, 6.07) is 18.6. The third kappa shape index (κ3) is 5.28. The Bertz CT molecular complexity index is 952. The zero-order valence-corrected chi connectivity index (χ0v) is 16.8. The maximum Gasteiger partial charge on any atom is 0.265 e. The fourth-order valence-corrected chi connectivity index (χ4v) is 3.46. The number of nitrogens with zero attached hydrogens (tertiary/aromatic N) is 1. The minimum atomic E-state index is -0.176. The van der Waals surface area contributed by atoms with Gasteiger partial charge in [0.25, 0.3) is 11.8 Å². The highest BCUT2D eigenvalue weighted by atomic mass is 32.1. The predicted molar refractivity (Wildman–Crippen MR) is 114 cm³/mol. The summed E-state index contributed by atoms with van der Waals surface area (Å²) in [6.45, 7) is 1.27. The zero-order valence-electron chi connectivity index (χ0n) is 15.9. The lowest BCUT2D eigenvalue weighted by molar-refractivity contribution is 0.0949. The normalized spacial score (nSPS) is 10.7. The second-order valence-corrected chi connectivity index (χ2v) is 7.65. The molecule has 5 nitrogen and oxygen atoms in total. The van der Waals surface area contributed by atoms with Crippen molar-refractivity contribution in [1.82, 2.24) is 10.2 Å². The summed E-state index contributed by atoms with van der Waals surface area (Å²) in [5.74, 6) is -0.350. The molecule has 0 bridgehead atoms. The summed E-state index contributed by atoms with van der Waals surface area (Å²) < 4.78 is 0. The number of thiophene rings is 1. The van der Waals surface area contributed by atoms with Crippen LogP contribution in [-0.2, 0) is 13.1 Å². The van der Waals surface area contributed by atoms with E-state index in [1.807, 2.05) is 43.7 Å². The van der Waals surface area contributed by atoms with Crippen molar-refractivity contribution >= 4 is 28.8 Å². The van der Waals surface area contributed by atoms with Crippen LogP contribution in [0.15, 0.2) is 66.0 Å². The summed E-state index contributed by atoms with van der Waals surface area (Å²) in [7, 11) is 4.04. The molecular formula is C22H23N3O2S. The average molecular weight is 394 g/mol. The molecule has 0 saturated carbocycles. The molecule has 0 unspecified atom stereocenters. The van der Waals surface area contributed by atoms with Gasteiger partial charge in [-0.25, -0.2) is 0 Å². The van der Waals surface area contributed by atoms with Crippen LogP contribution in [0, 0.1) is 0 Å². The molecule has 28 heavy (non-hydrogen) atoms. The maximum absolute atomic E-state index is 12.6. The number of hydrogen-bond donors (Lipinski definition) is 2. The number of carbonyl (C=O) groups excluding carboxylic acids is 2. The molecule has 0 aliphatic carbocycles. The van der Waals surface area contributed by atoms with E-state index in [0.717, 1.165) is 12.1 Å². The van der Waals surface area contributed by atoms with Gasteiger partial charge in [-0.05, 0) is 54.9 Å². The molecule has 3 rings (SSSR count). The zero-order chi connectivity index (χ0) is 19.9. The summed E-state index contributed by atoms with van der Waals surface area (Å²) in [4.78, 5) is 27.5. The van der Waals surface area contributed by atoms with E-state index in [-0.39, 0.29) is 11.8 Å². The van der Waals surface area contributed by atoms with Crippen LogP contribution >= 0.6 is 11.3 Å². The van der Waals surface area contributed by atoms with Gasteiger partial charge < -0.3 is 15.5 Å². The van der Waals surface area contributed by atoms with Crippen molar-refractivity contribution in [2.45, 2.75) is 13.1 Å². The fraction of sp³-hybridized carbons (Fsp3) is 0.182. The molecule has 0 radical (unpaired) electrons. The van der Waals surface area contributed by atoms with Crippen LogP contribution in [-0.4, -0.2) is 30.8 Å². The molecule has 1 heterocycles. The van der Waals surface area contributed by atoms with Crippen molar-refractivity contribution in [2.24, 2.45) is 0 Å². The Balaban J connectivity index is 1.65. The Labute approximate surface area is 169 Å². The van der Waals surface area contributed by atoms with Crippen molar-refractivity contribution in [3.05, 3.63) is 87.6 Å². The van der Waals surface area contributed by atoms with Gasteiger partial charge in [0.1, 0.15) is 0 Å². The molecule has 0 aliphatic heterocycles.